The maximum atomic E-state index is 13.4. The van der Waals surface area contributed by atoms with Gasteiger partial charge in [-0.05, 0) is 59.3 Å². The number of anilines is 1. The van der Waals surface area contributed by atoms with E-state index in [1.807, 2.05) is 61.5 Å². The van der Waals surface area contributed by atoms with Crippen LogP contribution in [-0.2, 0) is 23.2 Å². The lowest BCUT2D eigenvalue weighted by Crippen LogP contribution is -2.57. The number of hydrogen-bond acceptors (Lipinski definition) is 6. The van der Waals surface area contributed by atoms with Gasteiger partial charge >= 0.3 is 0 Å². The number of carbonyl (C=O) groups is 2. The summed E-state index contributed by atoms with van der Waals surface area (Å²) in [7, 11) is 0. The predicted octanol–water partition coefficient (Wildman–Crippen LogP) is 5.81. The minimum atomic E-state index is -0.703. The van der Waals surface area contributed by atoms with Gasteiger partial charge in [-0.2, -0.15) is 0 Å². The molecule has 2 aromatic carbocycles. The summed E-state index contributed by atoms with van der Waals surface area (Å²) < 4.78 is 0. The molecule has 0 saturated heterocycles. The fraction of sp³-hybridized carbons (Fsp3) is 0.500. The number of fused-ring (bicyclic) bond motifs is 2. The van der Waals surface area contributed by atoms with Crippen molar-refractivity contribution in [3.05, 3.63) is 81.9 Å². The third-order valence-corrected chi connectivity index (χ3v) is 10.9. The molecule has 42 heavy (non-hydrogen) atoms. The number of carbonyl (C=O) groups excluding carboxylic acids is 2. The number of benzene rings is 2. The fourth-order valence-corrected chi connectivity index (χ4v) is 8.11. The van der Waals surface area contributed by atoms with Crippen LogP contribution in [-0.4, -0.2) is 39.7 Å². The monoisotopic (exact) mass is 589 g/mol. The summed E-state index contributed by atoms with van der Waals surface area (Å²) in [4.78, 5) is 32.5. The van der Waals surface area contributed by atoms with Gasteiger partial charge in [0.15, 0.2) is 5.13 Å². The topological polar surface area (TPSA) is 112 Å². The van der Waals surface area contributed by atoms with Crippen LogP contribution in [0.1, 0.15) is 91.9 Å². The molecular formula is C34H43N3O4S. The van der Waals surface area contributed by atoms with Crippen molar-refractivity contribution in [1.82, 2.24) is 10.3 Å². The lowest BCUT2D eigenvalue weighted by Gasteiger charge is -2.58. The molecule has 0 radical (unpaired) electrons. The molecule has 8 heteroatoms. The highest BCUT2D eigenvalue weighted by Gasteiger charge is 2.59. The van der Waals surface area contributed by atoms with E-state index < -0.39 is 11.5 Å². The van der Waals surface area contributed by atoms with E-state index in [1.165, 1.54) is 11.3 Å². The van der Waals surface area contributed by atoms with Crippen LogP contribution < -0.4 is 10.6 Å². The van der Waals surface area contributed by atoms with Crippen molar-refractivity contribution < 1.29 is 19.8 Å². The zero-order valence-corrected chi connectivity index (χ0v) is 26.1. The maximum absolute atomic E-state index is 13.4. The number of nitrogens with zero attached hydrogens (tertiary/aromatic N) is 1. The Morgan fingerprint density at radius 2 is 1.76 bits per heavy atom. The minimum absolute atomic E-state index is 0.00466. The minimum Gasteiger partial charge on any atom is -0.396 e. The van der Waals surface area contributed by atoms with Crippen molar-refractivity contribution in [2.45, 2.75) is 84.3 Å². The lowest BCUT2D eigenvalue weighted by molar-refractivity contribution is -0.144. The molecule has 5 rings (SSSR count). The van der Waals surface area contributed by atoms with Crippen molar-refractivity contribution in [3.8, 4) is 0 Å². The van der Waals surface area contributed by atoms with Crippen LogP contribution in [0.3, 0.4) is 0 Å². The van der Waals surface area contributed by atoms with Crippen LogP contribution >= 0.6 is 11.3 Å². The second kappa shape index (κ2) is 11.5. The van der Waals surface area contributed by atoms with E-state index in [9.17, 15) is 19.8 Å². The van der Waals surface area contributed by atoms with Crippen molar-refractivity contribution in [2.24, 2.45) is 16.7 Å². The molecule has 7 nitrogen and oxygen atoms in total. The first-order valence-electron chi connectivity index (χ1n) is 14.9. The molecule has 0 aliphatic heterocycles. The van der Waals surface area contributed by atoms with E-state index in [0.29, 0.717) is 30.1 Å². The summed E-state index contributed by atoms with van der Waals surface area (Å²) in [5.41, 5.74) is 2.53. The Morgan fingerprint density at radius 3 is 2.40 bits per heavy atom. The molecule has 1 saturated carbocycles. The van der Waals surface area contributed by atoms with E-state index in [-0.39, 0.29) is 47.5 Å². The fourth-order valence-electron chi connectivity index (χ4n) is 7.04. The molecule has 5 atom stereocenters. The standard InChI is InChI=1S/C34H43N3O4S/c1-32(2,3)23-13-11-22(12-14-23)30(41)37-31-36-29-24(17-28(40)35-19-21-9-7-6-8-10-21)33(4)16-15-27(39)34(5,20-38)26(33)18-25(29)42-31/h6-14,24,26-27,38-39H,15-20H2,1-5H3,(H,35,40)(H,36,37,41)/t24-,26+,27-,33+,34+/m1/s1. The average Bonchev–Trinajstić information content (AvgIpc) is 3.37. The van der Waals surface area contributed by atoms with Gasteiger partial charge in [0, 0.05) is 34.7 Å². The number of aliphatic hydroxyl groups is 2. The van der Waals surface area contributed by atoms with Crippen molar-refractivity contribution in [2.75, 3.05) is 11.9 Å². The zero-order chi connectivity index (χ0) is 30.3. The Morgan fingerprint density at radius 1 is 1.07 bits per heavy atom. The molecule has 0 spiro atoms. The highest BCUT2D eigenvalue weighted by Crippen LogP contribution is 2.62. The van der Waals surface area contributed by atoms with Crippen molar-refractivity contribution >= 4 is 28.3 Å². The first kappa shape index (κ1) is 30.4. The second-order valence-corrected chi connectivity index (χ2v) is 14.7. The first-order valence-corrected chi connectivity index (χ1v) is 15.7. The number of thiazole rings is 1. The zero-order valence-electron chi connectivity index (χ0n) is 25.2. The normalized spacial score (nSPS) is 27.1. The summed E-state index contributed by atoms with van der Waals surface area (Å²) in [6, 6.07) is 17.5. The molecule has 4 N–H and O–H groups in total. The smallest absolute Gasteiger partial charge is 0.257 e. The third kappa shape index (κ3) is 5.77. The summed E-state index contributed by atoms with van der Waals surface area (Å²) in [6.45, 7) is 10.9. The largest absolute Gasteiger partial charge is 0.396 e. The van der Waals surface area contributed by atoms with Crippen molar-refractivity contribution in [3.63, 3.8) is 0 Å². The van der Waals surface area contributed by atoms with Crippen LogP contribution in [0.2, 0.25) is 0 Å². The third-order valence-electron chi connectivity index (χ3n) is 9.85. The lowest BCUT2D eigenvalue weighted by atomic mass is 9.47. The van der Waals surface area contributed by atoms with Gasteiger partial charge in [0.2, 0.25) is 5.91 Å². The van der Waals surface area contributed by atoms with E-state index in [0.717, 1.165) is 28.1 Å². The highest BCUT2D eigenvalue weighted by atomic mass is 32.1. The first-order chi connectivity index (χ1) is 19.8. The van der Waals surface area contributed by atoms with E-state index >= 15 is 0 Å². The SMILES string of the molecule is CC(C)(C)c1ccc(C(=O)Nc2nc3c(s2)C[C@@H]2[C@](C)(CO)[C@H](O)CC[C@@]2(C)[C@@H]3CC(=O)NCc2ccccc2)cc1. The molecule has 224 valence electrons. The van der Waals surface area contributed by atoms with Crippen LogP contribution in [0.4, 0.5) is 5.13 Å². The maximum Gasteiger partial charge on any atom is 0.257 e. The Hall–Kier alpha value is -3.07. The average molecular weight is 590 g/mol. The molecule has 0 bridgehead atoms. The van der Waals surface area contributed by atoms with Gasteiger partial charge in [0.1, 0.15) is 0 Å². The number of rotatable bonds is 7. The second-order valence-electron chi connectivity index (χ2n) is 13.6. The Kier molecular flexibility index (Phi) is 8.36. The van der Waals surface area contributed by atoms with Crippen LogP contribution in [0.5, 0.6) is 0 Å². The van der Waals surface area contributed by atoms with Crippen LogP contribution in [0.15, 0.2) is 54.6 Å². The number of aliphatic hydroxyl groups excluding tert-OH is 2. The van der Waals surface area contributed by atoms with Gasteiger partial charge in [-0.3, -0.25) is 14.9 Å². The van der Waals surface area contributed by atoms with Gasteiger partial charge in [0.25, 0.3) is 5.91 Å². The molecule has 3 aromatic rings. The Bertz CT molecular complexity index is 1430. The summed E-state index contributed by atoms with van der Waals surface area (Å²) >= 11 is 1.44. The van der Waals surface area contributed by atoms with Crippen LogP contribution in [0, 0.1) is 16.7 Å². The quantitative estimate of drug-likeness (QED) is 0.278. The number of amides is 2. The van der Waals surface area contributed by atoms with E-state index in [1.54, 1.807) is 0 Å². The molecule has 2 aliphatic rings. The number of hydrogen-bond donors (Lipinski definition) is 4. The molecule has 2 aliphatic carbocycles. The highest BCUT2D eigenvalue weighted by molar-refractivity contribution is 7.15. The molecule has 2 amide bonds. The van der Waals surface area contributed by atoms with Gasteiger partial charge in [-0.15, -0.1) is 11.3 Å². The Labute approximate surface area is 252 Å². The summed E-state index contributed by atoms with van der Waals surface area (Å²) in [6.07, 6.45) is 1.54. The number of nitrogens with one attached hydrogen (secondary N) is 2. The molecule has 0 unspecified atom stereocenters. The van der Waals surface area contributed by atoms with Gasteiger partial charge in [0.05, 0.1) is 18.4 Å². The molecular weight excluding hydrogens is 546 g/mol. The van der Waals surface area contributed by atoms with E-state index in [4.69, 9.17) is 4.98 Å². The van der Waals surface area contributed by atoms with Gasteiger partial charge in [-0.1, -0.05) is 77.1 Å². The van der Waals surface area contributed by atoms with Gasteiger partial charge in [-0.25, -0.2) is 4.98 Å². The van der Waals surface area contributed by atoms with Crippen molar-refractivity contribution in [1.29, 1.82) is 0 Å². The summed E-state index contributed by atoms with van der Waals surface area (Å²) in [5.74, 6) is -0.551. The predicted molar refractivity (Wildman–Crippen MR) is 167 cm³/mol. The molecule has 1 heterocycles. The van der Waals surface area contributed by atoms with Crippen LogP contribution in [0.25, 0.3) is 0 Å². The van der Waals surface area contributed by atoms with E-state index in [2.05, 4.69) is 38.3 Å². The van der Waals surface area contributed by atoms with Gasteiger partial charge < -0.3 is 15.5 Å². The summed E-state index contributed by atoms with van der Waals surface area (Å²) in [5, 5.41) is 28.1. The molecule has 1 fully saturated rings. The number of aromatic nitrogens is 1. The Balaban J connectivity index is 1.43. The molecule has 1 aromatic heterocycles.